The monoisotopic (exact) mass is 502 g/mol. The van der Waals surface area contributed by atoms with E-state index in [2.05, 4.69) is 14.9 Å². The van der Waals surface area contributed by atoms with Gasteiger partial charge in [-0.15, -0.1) is 5.06 Å². The number of rotatable bonds is 4. The minimum Gasteiger partial charge on any atom is -0.363 e. The van der Waals surface area contributed by atoms with E-state index in [1.54, 1.807) is 35.5 Å². The number of nitrogens with one attached hydrogen (secondary N) is 2. The van der Waals surface area contributed by atoms with Gasteiger partial charge in [-0.05, 0) is 23.8 Å². The number of amides is 2. The number of nitrogens with zero attached hydrogens (tertiary/aromatic N) is 2. The summed E-state index contributed by atoms with van der Waals surface area (Å²) in [4.78, 5) is 47.8. The van der Waals surface area contributed by atoms with Gasteiger partial charge in [-0.25, -0.2) is 4.79 Å². The molecule has 4 heterocycles. The number of hydrogen-bond donors (Lipinski definition) is 2. The molecule has 0 saturated heterocycles. The molecule has 2 aliphatic rings. The zero-order chi connectivity index (χ0) is 25.8. The predicted molar refractivity (Wildman–Crippen MR) is 142 cm³/mol. The van der Waals surface area contributed by atoms with Crippen molar-refractivity contribution in [3.05, 3.63) is 107 Å². The van der Waals surface area contributed by atoms with Crippen molar-refractivity contribution in [2.45, 2.75) is 13.1 Å². The van der Waals surface area contributed by atoms with Gasteiger partial charge in [0.15, 0.2) is 0 Å². The first-order valence-electron chi connectivity index (χ1n) is 12.4. The van der Waals surface area contributed by atoms with Gasteiger partial charge in [0, 0.05) is 46.4 Å². The Hall–Kier alpha value is -4.95. The van der Waals surface area contributed by atoms with Gasteiger partial charge >= 0.3 is 5.97 Å². The van der Waals surface area contributed by atoms with Crippen LogP contribution in [0.3, 0.4) is 0 Å². The number of hydrogen-bond acceptors (Lipinski definition) is 5. The number of aromatic amines is 1. The zero-order valence-electron chi connectivity index (χ0n) is 20.2. The van der Waals surface area contributed by atoms with Crippen LogP contribution in [-0.2, 0) is 27.5 Å². The van der Waals surface area contributed by atoms with Crippen LogP contribution < -0.4 is 5.32 Å². The van der Waals surface area contributed by atoms with Crippen LogP contribution in [0.2, 0.25) is 0 Å². The molecule has 8 nitrogen and oxygen atoms in total. The largest absolute Gasteiger partial charge is 0.363 e. The summed E-state index contributed by atoms with van der Waals surface area (Å²) >= 11 is 0. The third-order valence-corrected chi connectivity index (χ3v) is 7.20. The van der Waals surface area contributed by atoms with Crippen LogP contribution in [0.1, 0.15) is 27.0 Å². The topological polar surface area (TPSA) is 96.4 Å². The Balaban J connectivity index is 1.31. The van der Waals surface area contributed by atoms with Crippen LogP contribution in [0.25, 0.3) is 33.0 Å². The third kappa shape index (κ3) is 3.46. The summed E-state index contributed by atoms with van der Waals surface area (Å²) in [5, 5.41) is 5.92. The summed E-state index contributed by atoms with van der Waals surface area (Å²) in [7, 11) is 0. The van der Waals surface area contributed by atoms with Crippen molar-refractivity contribution in [2.24, 2.45) is 0 Å². The van der Waals surface area contributed by atoms with Crippen LogP contribution in [0.4, 0.5) is 0 Å². The highest BCUT2D eigenvalue weighted by atomic mass is 16.7. The highest BCUT2D eigenvalue weighted by Gasteiger charge is 2.35. The number of fused-ring (bicyclic) bond motifs is 1. The van der Waals surface area contributed by atoms with Crippen LogP contribution in [0.5, 0.6) is 0 Å². The molecular weight excluding hydrogens is 480 g/mol. The van der Waals surface area contributed by atoms with E-state index in [9.17, 15) is 14.4 Å². The fourth-order valence-corrected chi connectivity index (χ4v) is 5.50. The van der Waals surface area contributed by atoms with Gasteiger partial charge in [0.1, 0.15) is 0 Å². The Morgan fingerprint density at radius 1 is 0.789 bits per heavy atom. The fourth-order valence-electron chi connectivity index (χ4n) is 5.50. The normalized spacial score (nSPS) is 15.8. The first kappa shape index (κ1) is 22.3. The van der Waals surface area contributed by atoms with E-state index in [1.165, 1.54) is 0 Å². The molecule has 186 valence electrons. The third-order valence-electron chi connectivity index (χ3n) is 7.20. The molecule has 0 fully saturated rings. The first-order valence-corrected chi connectivity index (χ1v) is 12.4. The van der Waals surface area contributed by atoms with Crippen molar-refractivity contribution in [1.29, 1.82) is 0 Å². The van der Waals surface area contributed by atoms with E-state index in [1.807, 2.05) is 54.7 Å². The second-order valence-corrected chi connectivity index (χ2v) is 9.44. The number of imide groups is 1. The Morgan fingerprint density at radius 3 is 2.37 bits per heavy atom. The van der Waals surface area contributed by atoms with Crippen molar-refractivity contribution in [1.82, 2.24) is 19.9 Å². The number of aromatic nitrogens is 2. The lowest BCUT2D eigenvalue weighted by molar-refractivity contribution is -0.122. The molecule has 0 saturated carbocycles. The van der Waals surface area contributed by atoms with Gasteiger partial charge in [0.2, 0.25) is 0 Å². The Labute approximate surface area is 217 Å². The van der Waals surface area contributed by atoms with Crippen molar-refractivity contribution < 1.29 is 19.2 Å². The molecule has 2 aromatic heterocycles. The molecule has 7 rings (SSSR count). The molecular formula is C30H22N4O4. The lowest BCUT2D eigenvalue weighted by Gasteiger charge is -2.19. The maximum atomic E-state index is 13.2. The van der Waals surface area contributed by atoms with Gasteiger partial charge in [0.05, 0.1) is 35.3 Å². The lowest BCUT2D eigenvalue weighted by Crippen LogP contribution is -2.28. The molecule has 0 spiro atoms. The molecule has 0 radical (unpaired) electrons. The molecule has 0 bridgehead atoms. The van der Waals surface area contributed by atoms with Gasteiger partial charge in [-0.3, -0.25) is 14.9 Å². The van der Waals surface area contributed by atoms with E-state index in [-0.39, 0.29) is 0 Å². The average molecular weight is 503 g/mol. The predicted octanol–water partition coefficient (Wildman–Crippen LogP) is 4.28. The van der Waals surface area contributed by atoms with E-state index in [0.717, 1.165) is 27.4 Å². The maximum absolute atomic E-state index is 13.2. The Kier molecular flexibility index (Phi) is 5.02. The molecule has 3 aromatic carbocycles. The smallest absolute Gasteiger partial charge is 0.357 e. The SMILES string of the molecule is O=C1NC(=O)C(c2cn3c4c(cccc24)CN(OC(=O)c2ccccc2)CC3)=C1c1c[nH]c2ccccc12. The van der Waals surface area contributed by atoms with E-state index < -0.39 is 17.8 Å². The number of benzene rings is 3. The highest BCUT2D eigenvalue weighted by molar-refractivity contribution is 6.50. The first-order chi connectivity index (χ1) is 18.6. The van der Waals surface area contributed by atoms with E-state index in [4.69, 9.17) is 4.84 Å². The zero-order valence-corrected chi connectivity index (χ0v) is 20.2. The summed E-state index contributed by atoms with van der Waals surface area (Å²) in [6, 6.07) is 22.5. The van der Waals surface area contributed by atoms with Crippen molar-refractivity contribution >= 4 is 50.7 Å². The van der Waals surface area contributed by atoms with Gasteiger partial charge in [-0.2, -0.15) is 0 Å². The molecule has 8 heteroatoms. The molecule has 2 N–H and O–H groups in total. The van der Waals surface area contributed by atoms with Crippen molar-refractivity contribution in [3.63, 3.8) is 0 Å². The molecule has 2 aliphatic heterocycles. The van der Waals surface area contributed by atoms with Gasteiger partial charge < -0.3 is 14.4 Å². The molecule has 2 amide bonds. The van der Waals surface area contributed by atoms with Crippen LogP contribution >= 0.6 is 0 Å². The van der Waals surface area contributed by atoms with Crippen molar-refractivity contribution in [2.75, 3.05) is 6.54 Å². The van der Waals surface area contributed by atoms with Crippen molar-refractivity contribution in [3.8, 4) is 0 Å². The standard InChI is InChI=1S/C30H22N4O4/c35-28-25(22-15-31-24-12-5-4-10-20(22)24)26(29(36)32-28)23-17-33-13-14-34(16-19-9-6-11-21(23)27(19)33)38-30(37)18-7-2-1-3-8-18/h1-12,15,17,31H,13-14,16H2,(H,32,35,36). The van der Waals surface area contributed by atoms with E-state index >= 15 is 0 Å². The summed E-state index contributed by atoms with van der Waals surface area (Å²) < 4.78 is 2.08. The lowest BCUT2D eigenvalue weighted by atomic mass is 9.95. The summed E-state index contributed by atoms with van der Waals surface area (Å²) in [5.74, 6) is -1.21. The maximum Gasteiger partial charge on any atom is 0.357 e. The van der Waals surface area contributed by atoms with Gasteiger partial charge in [-0.1, -0.05) is 54.6 Å². The summed E-state index contributed by atoms with van der Waals surface area (Å²) in [6.07, 6.45) is 3.71. The quantitative estimate of drug-likeness (QED) is 0.358. The molecule has 0 unspecified atom stereocenters. The number of H-pyrrole nitrogens is 1. The fraction of sp³-hybridized carbons (Fsp3) is 0.100. The number of carbonyl (C=O) groups is 3. The number of carbonyl (C=O) groups excluding carboxylic acids is 3. The Bertz CT molecular complexity index is 1810. The minimum atomic E-state index is -0.407. The summed E-state index contributed by atoms with van der Waals surface area (Å²) in [6.45, 7) is 1.41. The Morgan fingerprint density at radius 2 is 1.53 bits per heavy atom. The molecule has 0 aliphatic carbocycles. The average Bonchev–Trinajstić information content (AvgIpc) is 3.56. The molecule has 5 aromatic rings. The second-order valence-electron chi connectivity index (χ2n) is 9.44. The molecule has 0 atom stereocenters. The highest BCUT2D eigenvalue weighted by Crippen LogP contribution is 2.39. The van der Waals surface area contributed by atoms with E-state index in [0.29, 0.717) is 47.5 Å². The van der Waals surface area contributed by atoms with Gasteiger partial charge in [0.25, 0.3) is 11.8 Å². The second kappa shape index (κ2) is 8.57. The number of hydroxylamine groups is 2. The van der Waals surface area contributed by atoms with Crippen LogP contribution in [0, 0.1) is 0 Å². The van der Waals surface area contributed by atoms with Crippen LogP contribution in [0.15, 0.2) is 85.2 Å². The molecule has 38 heavy (non-hydrogen) atoms. The summed E-state index contributed by atoms with van der Waals surface area (Å²) in [5.41, 5.74) is 5.45. The number of para-hydroxylation sites is 2. The van der Waals surface area contributed by atoms with Crippen LogP contribution in [-0.4, -0.2) is 38.9 Å². The minimum absolute atomic E-state index is 0.368.